The number of rotatable bonds is 9. The number of fused-ring (bicyclic) bond motifs is 2. The number of aryl methyl sites for hydroxylation is 3. The predicted octanol–water partition coefficient (Wildman–Crippen LogP) is 3.43. The van der Waals surface area contributed by atoms with E-state index >= 15 is 0 Å². The number of anilines is 2. The van der Waals surface area contributed by atoms with Crippen molar-refractivity contribution in [1.82, 2.24) is 0 Å². The smallest absolute Gasteiger partial charge is 0.325 e. The van der Waals surface area contributed by atoms with Gasteiger partial charge in [0.1, 0.15) is 44.2 Å². The minimum Gasteiger partial charge on any atom is -0.488 e. The van der Waals surface area contributed by atoms with E-state index in [0.29, 0.717) is 48.9 Å². The molecule has 0 amide bonds. The van der Waals surface area contributed by atoms with Gasteiger partial charge in [-0.25, -0.2) is 0 Å². The van der Waals surface area contributed by atoms with E-state index in [1.54, 1.807) is 11.0 Å². The summed E-state index contributed by atoms with van der Waals surface area (Å²) >= 11 is 0. The highest BCUT2D eigenvalue weighted by Gasteiger charge is 2.21. The van der Waals surface area contributed by atoms with Gasteiger partial charge in [-0.2, -0.15) is 0 Å². The highest BCUT2D eigenvalue weighted by molar-refractivity contribution is 5.86. The number of ketones is 1. The van der Waals surface area contributed by atoms with Gasteiger partial charge in [0.25, 0.3) is 0 Å². The van der Waals surface area contributed by atoms with Crippen LogP contribution in [0.25, 0.3) is 0 Å². The molecular weight excluding hydrogens is 564 g/mol. The number of carbonyl (C=O) groups is 3. The van der Waals surface area contributed by atoms with Crippen LogP contribution in [0, 0.1) is 6.92 Å². The van der Waals surface area contributed by atoms with Crippen molar-refractivity contribution in [1.29, 1.82) is 0 Å². The molecule has 0 aliphatic carbocycles. The van der Waals surface area contributed by atoms with Gasteiger partial charge in [0.2, 0.25) is 0 Å². The van der Waals surface area contributed by atoms with Gasteiger partial charge in [-0.3, -0.25) is 14.4 Å². The van der Waals surface area contributed by atoms with E-state index in [-0.39, 0.29) is 38.7 Å². The van der Waals surface area contributed by atoms with E-state index in [1.165, 1.54) is 7.11 Å². The van der Waals surface area contributed by atoms with Crippen molar-refractivity contribution in [3.05, 3.63) is 82.9 Å². The predicted molar refractivity (Wildman–Crippen MR) is 167 cm³/mol. The molecule has 10 nitrogen and oxygen atoms in total. The fourth-order valence-corrected chi connectivity index (χ4v) is 5.05. The van der Waals surface area contributed by atoms with Gasteiger partial charge in [-0.05, 0) is 60.7 Å². The SMILES string of the molecule is COC(=O)CN1CCOCCN(CC(=O)CO)c2cc(CCc3ccccc3)c(C=O)cc2OCCOc2cc(C)ccc21. The van der Waals surface area contributed by atoms with E-state index in [9.17, 15) is 19.5 Å². The third kappa shape index (κ3) is 9.05. The monoisotopic (exact) mass is 604 g/mol. The summed E-state index contributed by atoms with van der Waals surface area (Å²) in [5.74, 6) is 0.262. The number of methoxy groups -OCH3 is 1. The number of aldehydes is 1. The third-order valence-corrected chi connectivity index (χ3v) is 7.37. The van der Waals surface area contributed by atoms with Crippen LogP contribution in [0.15, 0.2) is 60.7 Å². The zero-order valence-electron chi connectivity index (χ0n) is 25.3. The maximum absolute atomic E-state index is 12.5. The maximum Gasteiger partial charge on any atom is 0.325 e. The Bertz CT molecular complexity index is 1410. The second kappa shape index (κ2) is 16.4. The van der Waals surface area contributed by atoms with E-state index in [4.69, 9.17) is 18.9 Å². The maximum atomic E-state index is 12.5. The first-order chi connectivity index (χ1) is 21.4. The van der Waals surface area contributed by atoms with E-state index < -0.39 is 12.6 Å². The minimum absolute atomic E-state index is 0.0125. The fourth-order valence-electron chi connectivity index (χ4n) is 5.05. The summed E-state index contributed by atoms with van der Waals surface area (Å²) in [5, 5.41) is 9.55. The largest absolute Gasteiger partial charge is 0.488 e. The lowest BCUT2D eigenvalue weighted by molar-refractivity contribution is -0.139. The normalized spacial score (nSPS) is 14.2. The summed E-state index contributed by atoms with van der Waals surface area (Å²) in [4.78, 5) is 40.5. The van der Waals surface area contributed by atoms with Crippen molar-refractivity contribution >= 4 is 29.4 Å². The molecule has 4 rings (SSSR count). The number of aliphatic hydroxyl groups is 1. The quantitative estimate of drug-likeness (QED) is 0.288. The molecule has 0 aromatic heterocycles. The van der Waals surface area contributed by atoms with Gasteiger partial charge in [0, 0.05) is 18.7 Å². The third-order valence-electron chi connectivity index (χ3n) is 7.37. The van der Waals surface area contributed by atoms with Crippen molar-refractivity contribution < 1.29 is 38.4 Å². The number of hydrogen-bond donors (Lipinski definition) is 1. The van der Waals surface area contributed by atoms with Crippen LogP contribution < -0.4 is 19.3 Å². The second-order valence-corrected chi connectivity index (χ2v) is 10.5. The number of benzene rings is 3. The molecule has 3 aromatic rings. The number of carbonyl (C=O) groups excluding carboxylic acids is 3. The Balaban J connectivity index is 1.66. The second-order valence-electron chi connectivity index (χ2n) is 10.5. The molecule has 0 unspecified atom stereocenters. The first-order valence-corrected chi connectivity index (χ1v) is 14.7. The first kappa shape index (κ1) is 32.5. The molecule has 0 saturated heterocycles. The lowest BCUT2D eigenvalue weighted by atomic mass is 9.98. The molecule has 1 N–H and O–H groups in total. The van der Waals surface area contributed by atoms with Gasteiger partial charge >= 0.3 is 5.97 Å². The van der Waals surface area contributed by atoms with Crippen LogP contribution in [-0.2, 0) is 31.9 Å². The molecule has 3 aromatic carbocycles. The average molecular weight is 605 g/mol. The zero-order chi connectivity index (χ0) is 31.3. The Labute approximate surface area is 258 Å². The highest BCUT2D eigenvalue weighted by Crippen LogP contribution is 2.34. The van der Waals surface area contributed by atoms with Crippen molar-refractivity contribution in [2.24, 2.45) is 0 Å². The van der Waals surface area contributed by atoms with Crippen LogP contribution in [0.5, 0.6) is 11.5 Å². The van der Waals surface area contributed by atoms with E-state index in [2.05, 4.69) is 0 Å². The van der Waals surface area contributed by atoms with Crippen molar-refractivity contribution in [2.45, 2.75) is 19.8 Å². The van der Waals surface area contributed by atoms with Gasteiger partial charge in [-0.15, -0.1) is 0 Å². The summed E-state index contributed by atoms with van der Waals surface area (Å²) < 4.78 is 23.3. The Kier molecular flexibility index (Phi) is 12.1. The van der Waals surface area contributed by atoms with Crippen LogP contribution in [-0.4, -0.2) is 89.5 Å². The van der Waals surface area contributed by atoms with Crippen LogP contribution in [0.2, 0.25) is 0 Å². The molecule has 0 bridgehead atoms. The van der Waals surface area contributed by atoms with Crippen LogP contribution in [0.4, 0.5) is 11.4 Å². The minimum atomic E-state index is -0.602. The van der Waals surface area contributed by atoms with Crippen LogP contribution in [0.3, 0.4) is 0 Å². The summed E-state index contributed by atoms with van der Waals surface area (Å²) in [5.41, 5.74) is 4.81. The molecule has 234 valence electrons. The lowest BCUT2D eigenvalue weighted by Crippen LogP contribution is -2.36. The fraction of sp³-hybridized carbons (Fsp3) is 0.382. The van der Waals surface area contributed by atoms with Crippen LogP contribution >= 0.6 is 0 Å². The molecule has 0 atom stereocenters. The summed E-state index contributed by atoms with van der Waals surface area (Å²) in [6.45, 7) is 2.90. The topological polar surface area (TPSA) is 115 Å². The van der Waals surface area contributed by atoms with Gasteiger partial charge in [0.15, 0.2) is 5.78 Å². The number of nitrogens with zero attached hydrogens (tertiary/aromatic N) is 2. The summed E-state index contributed by atoms with van der Waals surface area (Å²) in [6.07, 6.45) is 2.16. The average Bonchev–Trinajstić information content (AvgIpc) is 3.04. The Morgan fingerprint density at radius 1 is 0.864 bits per heavy atom. The Morgan fingerprint density at radius 2 is 1.55 bits per heavy atom. The summed E-state index contributed by atoms with van der Waals surface area (Å²) in [7, 11) is 1.35. The van der Waals surface area contributed by atoms with Crippen LogP contribution in [0.1, 0.15) is 27.0 Å². The number of ether oxygens (including phenoxy) is 4. The highest BCUT2D eigenvalue weighted by atomic mass is 16.5. The number of Topliss-reactive ketones (excluding diaryl/α,β-unsaturated/α-hetero) is 1. The molecule has 1 aliphatic rings. The van der Waals surface area contributed by atoms with Crippen molar-refractivity contribution in [3.8, 4) is 11.5 Å². The molecule has 0 fully saturated rings. The molecule has 10 heteroatoms. The first-order valence-electron chi connectivity index (χ1n) is 14.7. The van der Waals surface area contributed by atoms with Gasteiger partial charge < -0.3 is 33.9 Å². The van der Waals surface area contributed by atoms with Crippen molar-refractivity contribution in [3.63, 3.8) is 0 Å². The lowest BCUT2D eigenvalue weighted by Gasteiger charge is -2.27. The molecule has 0 spiro atoms. The molecule has 0 radical (unpaired) electrons. The van der Waals surface area contributed by atoms with Gasteiger partial charge in [-0.1, -0.05) is 36.4 Å². The summed E-state index contributed by atoms with van der Waals surface area (Å²) in [6, 6.07) is 19.3. The standard InChI is InChI=1S/C34H40N2O8/c1-25-8-11-30-32(18-25)43-16-17-44-33-20-28(23-37)27(10-9-26-6-4-3-5-7-26)19-31(33)35(21-29(39)24-38)12-14-42-15-13-36(30)22-34(40)41-2/h3-8,11,18-20,23,38H,9-10,12-17,21-22,24H2,1-2H3. The Hall–Kier alpha value is -4.41. The van der Waals surface area contributed by atoms with E-state index in [1.807, 2.05) is 66.4 Å². The molecule has 44 heavy (non-hydrogen) atoms. The number of hydrogen-bond acceptors (Lipinski definition) is 10. The molecule has 1 aliphatic heterocycles. The van der Waals surface area contributed by atoms with E-state index in [0.717, 1.165) is 35.1 Å². The van der Waals surface area contributed by atoms with Crippen molar-refractivity contribution in [2.75, 3.05) is 76.1 Å². The molecule has 0 saturated carbocycles. The molecular formula is C34H40N2O8. The number of esters is 1. The zero-order valence-corrected chi connectivity index (χ0v) is 25.3. The Morgan fingerprint density at radius 3 is 2.20 bits per heavy atom. The van der Waals surface area contributed by atoms with Gasteiger partial charge in [0.05, 0.1) is 38.2 Å². The number of aliphatic hydroxyl groups excluding tert-OH is 1. The molecule has 1 heterocycles.